The van der Waals surface area contributed by atoms with Gasteiger partial charge in [0.15, 0.2) is 0 Å². The molecule has 0 aliphatic carbocycles. The molecule has 0 fully saturated rings. The first-order chi connectivity index (χ1) is 12.1. The maximum absolute atomic E-state index is 6.24. The lowest BCUT2D eigenvalue weighted by molar-refractivity contribution is 0.780. The lowest BCUT2D eigenvalue weighted by atomic mass is 10.0. The van der Waals surface area contributed by atoms with Crippen LogP contribution in [0.3, 0.4) is 0 Å². The average molecular weight is 372 g/mol. The van der Waals surface area contributed by atoms with Gasteiger partial charge in [-0.05, 0) is 56.0 Å². The standard InChI is InChI=1S/C20H19Cl2N3/c1-13-5-4-6-15(11-13)25-20-16(7-2-3-10-23-20)19(24-25)14-8-9-17(21)18(22)12-14/h4-6,8-9,11-12,23H,2-3,7,10H2,1H3. The summed E-state index contributed by atoms with van der Waals surface area (Å²) in [6.07, 6.45) is 3.31. The van der Waals surface area contributed by atoms with E-state index in [1.807, 2.05) is 22.9 Å². The molecule has 0 saturated heterocycles. The van der Waals surface area contributed by atoms with Crippen molar-refractivity contribution < 1.29 is 0 Å². The Morgan fingerprint density at radius 1 is 1.04 bits per heavy atom. The molecule has 1 aliphatic rings. The first kappa shape index (κ1) is 16.5. The quantitative estimate of drug-likeness (QED) is 0.607. The highest BCUT2D eigenvalue weighted by Crippen LogP contribution is 2.36. The Bertz CT molecular complexity index is 931. The number of aromatic nitrogens is 2. The van der Waals surface area contributed by atoms with Gasteiger partial charge in [-0.3, -0.25) is 0 Å². The molecule has 0 atom stereocenters. The van der Waals surface area contributed by atoms with E-state index in [0.717, 1.165) is 48.6 Å². The van der Waals surface area contributed by atoms with Crippen LogP contribution in [0.5, 0.6) is 0 Å². The van der Waals surface area contributed by atoms with Gasteiger partial charge in [0.2, 0.25) is 0 Å². The molecule has 0 unspecified atom stereocenters. The number of rotatable bonds is 2. The molecule has 0 bridgehead atoms. The summed E-state index contributed by atoms with van der Waals surface area (Å²) >= 11 is 12.3. The Kier molecular flexibility index (Phi) is 4.45. The van der Waals surface area contributed by atoms with E-state index < -0.39 is 0 Å². The van der Waals surface area contributed by atoms with Crippen molar-refractivity contribution in [1.82, 2.24) is 9.78 Å². The smallest absolute Gasteiger partial charge is 0.133 e. The molecule has 128 valence electrons. The van der Waals surface area contributed by atoms with Crippen LogP contribution in [-0.2, 0) is 6.42 Å². The van der Waals surface area contributed by atoms with Gasteiger partial charge < -0.3 is 5.32 Å². The van der Waals surface area contributed by atoms with Gasteiger partial charge in [-0.25, -0.2) is 4.68 Å². The first-order valence-corrected chi connectivity index (χ1v) is 9.27. The number of aryl methyl sites for hydroxylation is 1. The van der Waals surface area contributed by atoms with Crippen LogP contribution in [0.2, 0.25) is 10.0 Å². The first-order valence-electron chi connectivity index (χ1n) is 8.52. The highest BCUT2D eigenvalue weighted by molar-refractivity contribution is 6.42. The highest BCUT2D eigenvalue weighted by atomic mass is 35.5. The van der Waals surface area contributed by atoms with Gasteiger partial charge in [0.05, 0.1) is 21.4 Å². The molecule has 0 spiro atoms. The summed E-state index contributed by atoms with van der Waals surface area (Å²) in [6.45, 7) is 3.06. The number of anilines is 1. The van der Waals surface area contributed by atoms with Crippen molar-refractivity contribution in [1.29, 1.82) is 0 Å². The molecule has 1 aliphatic heterocycles. The van der Waals surface area contributed by atoms with Crippen LogP contribution >= 0.6 is 23.2 Å². The third-order valence-electron chi connectivity index (χ3n) is 4.57. The van der Waals surface area contributed by atoms with Crippen LogP contribution in [0, 0.1) is 6.92 Å². The van der Waals surface area contributed by atoms with Gasteiger partial charge in [-0.15, -0.1) is 0 Å². The Hall–Kier alpha value is -1.97. The fourth-order valence-electron chi connectivity index (χ4n) is 3.32. The molecule has 0 saturated carbocycles. The molecule has 25 heavy (non-hydrogen) atoms. The van der Waals surface area contributed by atoms with E-state index in [9.17, 15) is 0 Å². The molecule has 0 amide bonds. The summed E-state index contributed by atoms with van der Waals surface area (Å²) < 4.78 is 2.02. The predicted molar refractivity (Wildman–Crippen MR) is 105 cm³/mol. The van der Waals surface area contributed by atoms with Crippen LogP contribution in [0.25, 0.3) is 16.9 Å². The van der Waals surface area contributed by atoms with Gasteiger partial charge in [0, 0.05) is 17.7 Å². The SMILES string of the molecule is Cc1cccc(-n2nc(-c3ccc(Cl)c(Cl)c3)c3c2NCCCC3)c1. The molecule has 2 aromatic carbocycles. The van der Waals surface area contributed by atoms with E-state index in [1.54, 1.807) is 0 Å². The molecule has 2 heterocycles. The summed E-state index contributed by atoms with van der Waals surface area (Å²) in [7, 11) is 0. The summed E-state index contributed by atoms with van der Waals surface area (Å²) in [5.41, 5.74) is 5.51. The Morgan fingerprint density at radius 3 is 2.72 bits per heavy atom. The zero-order valence-corrected chi connectivity index (χ0v) is 15.5. The van der Waals surface area contributed by atoms with Crippen molar-refractivity contribution in [2.75, 3.05) is 11.9 Å². The second-order valence-corrected chi connectivity index (χ2v) is 7.25. The van der Waals surface area contributed by atoms with Gasteiger partial charge in [-0.1, -0.05) is 41.4 Å². The lowest BCUT2D eigenvalue weighted by Gasteiger charge is -2.09. The minimum Gasteiger partial charge on any atom is -0.370 e. The minimum absolute atomic E-state index is 0.555. The number of nitrogens with zero attached hydrogens (tertiary/aromatic N) is 2. The molecule has 4 rings (SSSR count). The van der Waals surface area contributed by atoms with E-state index in [1.165, 1.54) is 11.1 Å². The Labute approximate surface area is 157 Å². The van der Waals surface area contributed by atoms with E-state index >= 15 is 0 Å². The maximum atomic E-state index is 6.24. The van der Waals surface area contributed by atoms with Crippen LogP contribution in [0.4, 0.5) is 5.82 Å². The summed E-state index contributed by atoms with van der Waals surface area (Å²) in [5.74, 6) is 1.09. The molecule has 1 N–H and O–H groups in total. The van der Waals surface area contributed by atoms with Gasteiger partial charge >= 0.3 is 0 Å². The maximum Gasteiger partial charge on any atom is 0.133 e. The molecular formula is C20H19Cl2N3. The number of hydrogen-bond donors (Lipinski definition) is 1. The molecule has 5 heteroatoms. The second-order valence-electron chi connectivity index (χ2n) is 6.44. The molecule has 1 aromatic heterocycles. The largest absolute Gasteiger partial charge is 0.370 e. The number of fused-ring (bicyclic) bond motifs is 1. The topological polar surface area (TPSA) is 29.9 Å². The number of benzene rings is 2. The van der Waals surface area contributed by atoms with E-state index in [2.05, 4.69) is 36.5 Å². The number of hydrogen-bond acceptors (Lipinski definition) is 2. The lowest BCUT2D eigenvalue weighted by Crippen LogP contribution is -2.07. The third kappa shape index (κ3) is 3.14. The highest BCUT2D eigenvalue weighted by Gasteiger charge is 2.22. The molecular weight excluding hydrogens is 353 g/mol. The van der Waals surface area contributed by atoms with Crippen LogP contribution in [0.15, 0.2) is 42.5 Å². The monoisotopic (exact) mass is 371 g/mol. The zero-order valence-electron chi connectivity index (χ0n) is 14.0. The predicted octanol–water partition coefficient (Wildman–Crippen LogP) is 5.90. The molecule has 3 aromatic rings. The van der Waals surface area contributed by atoms with Gasteiger partial charge in [0.1, 0.15) is 5.82 Å². The van der Waals surface area contributed by atoms with Crippen molar-refractivity contribution in [2.24, 2.45) is 0 Å². The van der Waals surface area contributed by atoms with Crippen LogP contribution < -0.4 is 5.32 Å². The normalized spacial score (nSPS) is 13.9. The van der Waals surface area contributed by atoms with Crippen LogP contribution in [0.1, 0.15) is 24.0 Å². The fourth-order valence-corrected chi connectivity index (χ4v) is 3.62. The summed E-state index contributed by atoms with van der Waals surface area (Å²) in [5, 5.41) is 9.63. The third-order valence-corrected chi connectivity index (χ3v) is 5.31. The molecule has 0 radical (unpaired) electrons. The fraction of sp³-hybridized carbons (Fsp3) is 0.250. The van der Waals surface area contributed by atoms with E-state index in [0.29, 0.717) is 10.0 Å². The summed E-state index contributed by atoms with van der Waals surface area (Å²) in [4.78, 5) is 0. The van der Waals surface area contributed by atoms with E-state index in [4.69, 9.17) is 28.3 Å². The van der Waals surface area contributed by atoms with Crippen molar-refractivity contribution in [3.63, 3.8) is 0 Å². The van der Waals surface area contributed by atoms with E-state index in [-0.39, 0.29) is 0 Å². The van der Waals surface area contributed by atoms with Gasteiger partial charge in [0.25, 0.3) is 0 Å². The zero-order chi connectivity index (χ0) is 17.4. The average Bonchev–Trinajstić information content (AvgIpc) is 2.79. The second kappa shape index (κ2) is 6.74. The van der Waals surface area contributed by atoms with Crippen LogP contribution in [-0.4, -0.2) is 16.3 Å². The Morgan fingerprint density at radius 2 is 1.92 bits per heavy atom. The number of halogens is 2. The number of nitrogens with one attached hydrogen (secondary N) is 1. The minimum atomic E-state index is 0.555. The summed E-state index contributed by atoms with van der Waals surface area (Å²) in [6, 6.07) is 14.1. The Balaban J connectivity index is 1.91. The van der Waals surface area contributed by atoms with Crippen molar-refractivity contribution in [3.05, 3.63) is 63.6 Å². The molecule has 3 nitrogen and oxygen atoms in total. The van der Waals surface area contributed by atoms with Gasteiger partial charge in [-0.2, -0.15) is 5.10 Å². The van der Waals surface area contributed by atoms with Crippen molar-refractivity contribution in [2.45, 2.75) is 26.2 Å². The van der Waals surface area contributed by atoms with Crippen molar-refractivity contribution in [3.8, 4) is 16.9 Å². The van der Waals surface area contributed by atoms with Crippen molar-refractivity contribution >= 4 is 29.0 Å².